The third kappa shape index (κ3) is 6.24. The van der Waals surface area contributed by atoms with Crippen LogP contribution in [-0.2, 0) is 11.8 Å². The van der Waals surface area contributed by atoms with Crippen LogP contribution < -0.4 is 16.0 Å². The maximum atomic E-state index is 13.4. The van der Waals surface area contributed by atoms with Crippen molar-refractivity contribution in [3.8, 4) is 0 Å². The molecule has 6 nitrogen and oxygen atoms in total. The zero-order valence-corrected chi connectivity index (χ0v) is 21.1. The number of aryl methyl sites for hydroxylation is 1. The summed E-state index contributed by atoms with van der Waals surface area (Å²) >= 11 is 0. The molecule has 1 aliphatic carbocycles. The van der Waals surface area contributed by atoms with Crippen LogP contribution in [0.15, 0.2) is 60.7 Å². The summed E-state index contributed by atoms with van der Waals surface area (Å²) in [6, 6.07) is 19.9. The summed E-state index contributed by atoms with van der Waals surface area (Å²) in [6.07, 6.45) is 4.55. The summed E-state index contributed by atoms with van der Waals surface area (Å²) in [6.45, 7) is 5.03. The molecule has 1 saturated carbocycles. The van der Waals surface area contributed by atoms with E-state index in [0.717, 1.165) is 48.7 Å². The normalized spacial score (nSPS) is 18.9. The monoisotopic (exact) mass is 474 g/mol. The van der Waals surface area contributed by atoms with E-state index in [1.807, 2.05) is 72.3 Å². The number of hydrogen-bond donors (Lipinski definition) is 3. The molecule has 6 heteroatoms. The van der Waals surface area contributed by atoms with Crippen LogP contribution in [0.2, 0.25) is 0 Å². The molecule has 1 aliphatic rings. The highest BCUT2D eigenvalue weighted by Crippen LogP contribution is 2.26. The second kappa shape index (κ2) is 11.4. The van der Waals surface area contributed by atoms with E-state index in [-0.39, 0.29) is 29.8 Å². The Balaban J connectivity index is 1.42. The molecule has 186 valence electrons. The van der Waals surface area contributed by atoms with Crippen molar-refractivity contribution in [1.29, 1.82) is 0 Å². The van der Waals surface area contributed by atoms with E-state index in [1.54, 1.807) is 0 Å². The molecule has 0 spiro atoms. The van der Waals surface area contributed by atoms with Gasteiger partial charge in [0, 0.05) is 42.3 Å². The van der Waals surface area contributed by atoms with Gasteiger partial charge in [-0.05, 0) is 49.4 Å². The second-order valence-corrected chi connectivity index (χ2v) is 10.2. The number of carbonyl (C=O) groups is 2. The Bertz CT molecular complexity index is 1140. The predicted octanol–water partition coefficient (Wildman–Crippen LogP) is 5.11. The first-order valence-corrected chi connectivity index (χ1v) is 12.9. The average molecular weight is 475 g/mol. The molecule has 35 heavy (non-hydrogen) atoms. The van der Waals surface area contributed by atoms with Gasteiger partial charge < -0.3 is 20.5 Å². The van der Waals surface area contributed by atoms with Crippen LogP contribution >= 0.6 is 0 Å². The van der Waals surface area contributed by atoms with Crippen molar-refractivity contribution in [2.75, 3.05) is 11.9 Å². The van der Waals surface area contributed by atoms with E-state index in [2.05, 4.69) is 29.8 Å². The van der Waals surface area contributed by atoms with Gasteiger partial charge in [0.2, 0.25) is 5.91 Å². The summed E-state index contributed by atoms with van der Waals surface area (Å²) < 4.78 is 1.93. The molecule has 1 heterocycles. The number of amides is 2. The molecule has 2 aromatic carbocycles. The Labute approximate surface area is 208 Å². The fourth-order valence-electron chi connectivity index (χ4n) is 5.23. The standard InChI is InChI=1S/C29H38N4O2/c1-20(2)17-23(19-30-22-12-5-4-6-13-22)31-28(34)24-14-8-9-15-25(24)32-29(35)27-18-21-11-7-10-16-26(21)33(27)3/h4-7,10-13,16,18,20,23-25,30H,8-9,14-15,17,19H2,1-3H3,(H,31,34)(H,32,35)/t23-,24+,25-/m0/s1. The van der Waals surface area contributed by atoms with E-state index in [4.69, 9.17) is 0 Å². The number of fused-ring (bicyclic) bond motifs is 1. The molecule has 3 N–H and O–H groups in total. The van der Waals surface area contributed by atoms with Crippen molar-refractivity contribution < 1.29 is 9.59 Å². The first-order chi connectivity index (χ1) is 16.9. The van der Waals surface area contributed by atoms with Gasteiger partial charge in [-0.2, -0.15) is 0 Å². The Morgan fingerprint density at radius 2 is 1.71 bits per heavy atom. The van der Waals surface area contributed by atoms with Gasteiger partial charge in [0.25, 0.3) is 5.91 Å². The quantitative estimate of drug-likeness (QED) is 0.403. The molecular weight excluding hydrogens is 436 g/mol. The molecule has 0 radical (unpaired) electrons. The largest absolute Gasteiger partial charge is 0.383 e. The maximum absolute atomic E-state index is 13.4. The van der Waals surface area contributed by atoms with Gasteiger partial charge in [-0.3, -0.25) is 9.59 Å². The summed E-state index contributed by atoms with van der Waals surface area (Å²) in [5.41, 5.74) is 2.70. The number of anilines is 1. The van der Waals surface area contributed by atoms with Gasteiger partial charge in [-0.1, -0.05) is 63.1 Å². The SMILES string of the molecule is CC(C)C[C@@H](CNc1ccccc1)NC(=O)[C@@H]1CCCC[C@@H]1NC(=O)c1cc2ccccc2n1C. The van der Waals surface area contributed by atoms with Gasteiger partial charge in [-0.15, -0.1) is 0 Å². The lowest BCUT2D eigenvalue weighted by atomic mass is 9.83. The van der Waals surface area contributed by atoms with Crippen molar-refractivity contribution in [2.24, 2.45) is 18.9 Å². The van der Waals surface area contributed by atoms with E-state index < -0.39 is 0 Å². The molecule has 1 fully saturated rings. The molecular formula is C29H38N4O2. The number of carbonyl (C=O) groups excluding carboxylic acids is 2. The van der Waals surface area contributed by atoms with E-state index in [1.165, 1.54) is 0 Å². The van der Waals surface area contributed by atoms with Crippen molar-refractivity contribution in [3.63, 3.8) is 0 Å². The van der Waals surface area contributed by atoms with E-state index in [0.29, 0.717) is 18.2 Å². The van der Waals surface area contributed by atoms with E-state index in [9.17, 15) is 9.59 Å². The first kappa shape index (κ1) is 24.8. The van der Waals surface area contributed by atoms with Crippen LogP contribution in [0.3, 0.4) is 0 Å². The van der Waals surface area contributed by atoms with Gasteiger partial charge >= 0.3 is 0 Å². The Morgan fingerprint density at radius 3 is 2.46 bits per heavy atom. The molecule has 2 amide bonds. The highest BCUT2D eigenvalue weighted by molar-refractivity contribution is 5.99. The first-order valence-electron chi connectivity index (χ1n) is 12.9. The molecule has 1 aromatic heterocycles. The summed E-state index contributed by atoms with van der Waals surface area (Å²) in [4.78, 5) is 26.7. The van der Waals surface area contributed by atoms with Crippen molar-refractivity contribution in [1.82, 2.24) is 15.2 Å². The smallest absolute Gasteiger partial charge is 0.268 e. The number of nitrogens with zero attached hydrogens (tertiary/aromatic N) is 1. The van der Waals surface area contributed by atoms with Crippen molar-refractivity contribution in [3.05, 3.63) is 66.4 Å². The van der Waals surface area contributed by atoms with Crippen LogP contribution in [0.5, 0.6) is 0 Å². The highest BCUT2D eigenvalue weighted by atomic mass is 16.2. The van der Waals surface area contributed by atoms with Crippen LogP contribution in [0.4, 0.5) is 5.69 Å². The molecule has 3 aromatic rings. The van der Waals surface area contributed by atoms with Gasteiger partial charge in [0.05, 0.1) is 5.92 Å². The molecule has 4 rings (SSSR count). The third-order valence-corrected chi connectivity index (χ3v) is 7.03. The Hall–Kier alpha value is -3.28. The number of benzene rings is 2. The minimum absolute atomic E-state index is 0.0270. The number of para-hydroxylation sites is 2. The number of hydrogen-bond acceptors (Lipinski definition) is 3. The number of nitrogens with one attached hydrogen (secondary N) is 3. The van der Waals surface area contributed by atoms with Gasteiger partial charge in [0.1, 0.15) is 5.69 Å². The fraction of sp³-hybridized carbons (Fsp3) is 0.448. The van der Waals surface area contributed by atoms with Crippen LogP contribution in [0.1, 0.15) is 56.4 Å². The topological polar surface area (TPSA) is 75.2 Å². The Morgan fingerprint density at radius 1 is 1.00 bits per heavy atom. The number of rotatable bonds is 9. The fourth-order valence-corrected chi connectivity index (χ4v) is 5.23. The maximum Gasteiger partial charge on any atom is 0.268 e. The molecule has 0 unspecified atom stereocenters. The summed E-state index contributed by atoms with van der Waals surface area (Å²) in [7, 11) is 1.92. The highest BCUT2D eigenvalue weighted by Gasteiger charge is 2.33. The molecule has 0 bridgehead atoms. The van der Waals surface area contributed by atoms with Crippen molar-refractivity contribution >= 4 is 28.4 Å². The lowest BCUT2D eigenvalue weighted by Crippen LogP contribution is -2.51. The van der Waals surface area contributed by atoms with E-state index >= 15 is 0 Å². The third-order valence-electron chi connectivity index (χ3n) is 7.03. The van der Waals surface area contributed by atoms with Gasteiger partial charge in [0.15, 0.2) is 0 Å². The molecule has 0 aliphatic heterocycles. The van der Waals surface area contributed by atoms with Crippen LogP contribution in [-0.4, -0.2) is 35.0 Å². The predicted molar refractivity (Wildman–Crippen MR) is 142 cm³/mol. The molecule has 0 saturated heterocycles. The summed E-state index contributed by atoms with van der Waals surface area (Å²) in [5, 5.41) is 11.0. The van der Waals surface area contributed by atoms with Crippen molar-refractivity contribution in [2.45, 2.75) is 58.0 Å². The minimum atomic E-state index is -0.214. The zero-order chi connectivity index (χ0) is 24.8. The zero-order valence-electron chi connectivity index (χ0n) is 21.1. The molecule has 3 atom stereocenters. The van der Waals surface area contributed by atoms with Gasteiger partial charge in [-0.25, -0.2) is 0 Å². The second-order valence-electron chi connectivity index (χ2n) is 10.2. The minimum Gasteiger partial charge on any atom is -0.383 e. The van der Waals surface area contributed by atoms with Crippen LogP contribution in [0, 0.1) is 11.8 Å². The lowest BCUT2D eigenvalue weighted by molar-refractivity contribution is -0.127. The van der Waals surface area contributed by atoms with Crippen LogP contribution in [0.25, 0.3) is 10.9 Å². The summed E-state index contributed by atoms with van der Waals surface area (Å²) in [5.74, 6) is 0.186. The lowest BCUT2D eigenvalue weighted by Gasteiger charge is -2.33. The average Bonchev–Trinajstić information content (AvgIpc) is 3.20. The Kier molecular flexibility index (Phi) is 8.11. The number of aromatic nitrogens is 1.